The summed E-state index contributed by atoms with van der Waals surface area (Å²) >= 11 is 4.23. The van der Waals surface area contributed by atoms with Crippen LogP contribution in [-0.2, 0) is 0 Å². The van der Waals surface area contributed by atoms with Crippen LogP contribution in [0.15, 0.2) is 23.6 Å². The van der Waals surface area contributed by atoms with E-state index in [1.54, 1.807) is 0 Å². The molecule has 56 valence electrons. The minimum Gasteiger partial charge on any atom is -0.143 e. The Balaban J connectivity index is 2.93. The highest BCUT2D eigenvalue weighted by Gasteiger charge is 2.01. The second-order valence-electron chi connectivity index (χ2n) is 2.54. The lowest BCUT2D eigenvalue weighted by atomic mass is 10.2. The van der Waals surface area contributed by atoms with Crippen LogP contribution < -0.4 is 0 Å². The molecule has 1 aromatic heterocycles. The molecule has 0 N–H and O–H groups in total. The van der Waals surface area contributed by atoms with E-state index in [4.69, 9.17) is 0 Å². The van der Waals surface area contributed by atoms with Crippen molar-refractivity contribution in [1.82, 2.24) is 0 Å². The average Bonchev–Trinajstić information content (AvgIpc) is 2.45. The Labute approximate surface area is 83.4 Å². The molecular formula is C9H7IS. The molecule has 0 aliphatic rings. The summed E-state index contributed by atoms with van der Waals surface area (Å²) in [5.41, 5.74) is 1.38. The topological polar surface area (TPSA) is 0 Å². The monoisotopic (exact) mass is 274 g/mol. The van der Waals surface area contributed by atoms with Crippen LogP contribution in [0, 0.1) is 10.5 Å². The zero-order chi connectivity index (χ0) is 7.84. The second kappa shape index (κ2) is 2.75. The van der Waals surface area contributed by atoms with Crippen LogP contribution in [0.25, 0.3) is 10.1 Å². The second-order valence-corrected chi connectivity index (χ2v) is 4.53. The Bertz CT molecular complexity index is 389. The first-order valence-corrected chi connectivity index (χ1v) is 5.37. The summed E-state index contributed by atoms with van der Waals surface area (Å²) in [7, 11) is 0. The lowest BCUT2D eigenvalue weighted by molar-refractivity contribution is 1.48. The van der Waals surface area contributed by atoms with Crippen molar-refractivity contribution in [3.8, 4) is 0 Å². The molecule has 0 atom stereocenters. The van der Waals surface area contributed by atoms with Crippen LogP contribution in [0.5, 0.6) is 0 Å². The van der Waals surface area contributed by atoms with E-state index in [0.29, 0.717) is 0 Å². The molecule has 0 saturated heterocycles. The standard InChI is InChI=1S/C9H7IS/c1-6-2-3-7-4-5-11-9(7)8(6)10/h2-5H,1H3. The van der Waals surface area contributed by atoms with Gasteiger partial charge in [-0.15, -0.1) is 11.3 Å². The van der Waals surface area contributed by atoms with Gasteiger partial charge in [-0.05, 0) is 51.9 Å². The molecule has 0 saturated carbocycles. The summed E-state index contributed by atoms with van der Waals surface area (Å²) in [5.74, 6) is 0. The highest BCUT2D eigenvalue weighted by atomic mass is 127. The first-order chi connectivity index (χ1) is 5.29. The number of thiophene rings is 1. The fourth-order valence-electron chi connectivity index (χ4n) is 1.10. The van der Waals surface area contributed by atoms with Crippen LogP contribution >= 0.6 is 33.9 Å². The maximum Gasteiger partial charge on any atom is 0.0478 e. The van der Waals surface area contributed by atoms with Crippen LogP contribution in [0.2, 0.25) is 0 Å². The normalized spacial score (nSPS) is 10.7. The number of hydrogen-bond acceptors (Lipinski definition) is 1. The molecule has 1 heterocycles. The van der Waals surface area contributed by atoms with E-state index < -0.39 is 0 Å². The Hall–Kier alpha value is -0.0900. The summed E-state index contributed by atoms with van der Waals surface area (Å²) in [6.45, 7) is 2.15. The minimum absolute atomic E-state index is 1.37. The van der Waals surface area contributed by atoms with Gasteiger partial charge in [0.15, 0.2) is 0 Å². The Morgan fingerprint density at radius 3 is 2.91 bits per heavy atom. The molecule has 0 fully saturated rings. The van der Waals surface area contributed by atoms with Gasteiger partial charge in [0, 0.05) is 8.27 Å². The summed E-state index contributed by atoms with van der Waals surface area (Å²) in [4.78, 5) is 0. The van der Waals surface area contributed by atoms with Gasteiger partial charge < -0.3 is 0 Å². The lowest BCUT2D eigenvalue weighted by Gasteiger charge is -1.97. The van der Waals surface area contributed by atoms with Gasteiger partial charge in [0.1, 0.15) is 0 Å². The van der Waals surface area contributed by atoms with Crippen molar-refractivity contribution in [2.45, 2.75) is 6.92 Å². The fourth-order valence-corrected chi connectivity index (χ4v) is 2.86. The van der Waals surface area contributed by atoms with Crippen molar-refractivity contribution in [1.29, 1.82) is 0 Å². The molecule has 0 bridgehead atoms. The first-order valence-electron chi connectivity index (χ1n) is 3.41. The van der Waals surface area contributed by atoms with Crippen molar-refractivity contribution in [3.05, 3.63) is 32.7 Å². The quantitative estimate of drug-likeness (QED) is 0.641. The van der Waals surface area contributed by atoms with E-state index in [9.17, 15) is 0 Å². The van der Waals surface area contributed by atoms with E-state index >= 15 is 0 Å². The molecule has 0 radical (unpaired) electrons. The predicted molar refractivity (Wildman–Crippen MR) is 59.3 cm³/mol. The van der Waals surface area contributed by atoms with Crippen molar-refractivity contribution >= 4 is 44.0 Å². The average molecular weight is 274 g/mol. The fraction of sp³-hybridized carbons (Fsp3) is 0.111. The molecule has 0 aliphatic carbocycles. The number of hydrogen-bond donors (Lipinski definition) is 0. The summed E-state index contributed by atoms with van der Waals surface area (Å²) in [5, 5.41) is 3.51. The molecule has 0 spiro atoms. The van der Waals surface area contributed by atoms with Gasteiger partial charge in [-0.2, -0.15) is 0 Å². The zero-order valence-corrected chi connectivity index (χ0v) is 9.07. The first kappa shape index (κ1) is 7.55. The molecule has 0 amide bonds. The van der Waals surface area contributed by atoms with Crippen molar-refractivity contribution < 1.29 is 0 Å². The predicted octanol–water partition coefficient (Wildman–Crippen LogP) is 3.81. The van der Waals surface area contributed by atoms with Gasteiger partial charge in [0.05, 0.1) is 0 Å². The number of halogens is 1. The Morgan fingerprint density at radius 1 is 1.27 bits per heavy atom. The third-order valence-corrected chi connectivity index (χ3v) is 4.46. The maximum absolute atomic E-state index is 2.41. The largest absolute Gasteiger partial charge is 0.143 e. The number of benzene rings is 1. The molecule has 0 unspecified atom stereocenters. The molecule has 1 aromatic carbocycles. The number of rotatable bonds is 0. The van der Waals surface area contributed by atoms with E-state index in [0.717, 1.165) is 0 Å². The zero-order valence-electron chi connectivity index (χ0n) is 6.10. The van der Waals surface area contributed by atoms with Gasteiger partial charge in [0.2, 0.25) is 0 Å². The van der Waals surface area contributed by atoms with Crippen LogP contribution in [0.1, 0.15) is 5.56 Å². The van der Waals surface area contributed by atoms with E-state index in [-0.39, 0.29) is 0 Å². The van der Waals surface area contributed by atoms with Crippen molar-refractivity contribution in [2.24, 2.45) is 0 Å². The lowest BCUT2D eigenvalue weighted by Crippen LogP contribution is -1.77. The van der Waals surface area contributed by atoms with E-state index in [1.807, 2.05) is 11.3 Å². The highest BCUT2D eigenvalue weighted by Crippen LogP contribution is 2.28. The van der Waals surface area contributed by atoms with Gasteiger partial charge in [-0.3, -0.25) is 0 Å². The molecule has 2 rings (SSSR count). The molecule has 2 heteroatoms. The summed E-state index contributed by atoms with van der Waals surface area (Å²) in [6.07, 6.45) is 0. The molecule has 11 heavy (non-hydrogen) atoms. The van der Waals surface area contributed by atoms with Crippen LogP contribution in [-0.4, -0.2) is 0 Å². The number of fused-ring (bicyclic) bond motifs is 1. The van der Waals surface area contributed by atoms with Gasteiger partial charge >= 0.3 is 0 Å². The maximum atomic E-state index is 2.41. The van der Waals surface area contributed by atoms with Crippen LogP contribution in [0.3, 0.4) is 0 Å². The van der Waals surface area contributed by atoms with Crippen molar-refractivity contribution in [2.75, 3.05) is 0 Å². The van der Waals surface area contributed by atoms with Crippen LogP contribution in [0.4, 0.5) is 0 Å². The van der Waals surface area contributed by atoms with E-state index in [1.165, 1.54) is 19.2 Å². The number of aryl methyl sites for hydroxylation is 1. The summed E-state index contributed by atoms with van der Waals surface area (Å²) < 4.78 is 2.82. The Morgan fingerprint density at radius 2 is 2.09 bits per heavy atom. The third-order valence-electron chi connectivity index (χ3n) is 1.75. The molecule has 0 aliphatic heterocycles. The van der Waals surface area contributed by atoms with Gasteiger partial charge in [-0.1, -0.05) is 12.1 Å². The summed E-state index contributed by atoms with van der Waals surface area (Å²) in [6, 6.07) is 6.53. The minimum atomic E-state index is 1.37. The smallest absolute Gasteiger partial charge is 0.0478 e. The molecule has 0 nitrogen and oxygen atoms in total. The van der Waals surface area contributed by atoms with Crippen molar-refractivity contribution in [3.63, 3.8) is 0 Å². The molecular weight excluding hydrogens is 267 g/mol. The molecule has 2 aromatic rings. The third kappa shape index (κ3) is 1.18. The Kier molecular flexibility index (Phi) is 1.89. The van der Waals surface area contributed by atoms with Gasteiger partial charge in [-0.25, -0.2) is 0 Å². The SMILES string of the molecule is Cc1ccc2ccsc2c1I. The highest BCUT2D eigenvalue weighted by molar-refractivity contribution is 14.1. The van der Waals surface area contributed by atoms with E-state index in [2.05, 4.69) is 53.1 Å². The van der Waals surface area contributed by atoms with Gasteiger partial charge in [0.25, 0.3) is 0 Å².